The van der Waals surface area contributed by atoms with Gasteiger partial charge in [0.15, 0.2) is 0 Å². The second kappa shape index (κ2) is 21.8. The zero-order valence-corrected chi connectivity index (χ0v) is 43.4. The van der Waals surface area contributed by atoms with Gasteiger partial charge < -0.3 is 34.3 Å². The molecule has 0 unspecified atom stereocenters. The van der Waals surface area contributed by atoms with Crippen molar-refractivity contribution in [3.8, 4) is 17.2 Å². The van der Waals surface area contributed by atoms with Crippen LogP contribution in [0, 0.1) is 5.41 Å². The number of allylic oxidation sites excluding steroid dienone is 1. The van der Waals surface area contributed by atoms with Crippen molar-refractivity contribution >= 4 is 30.0 Å². The minimum Gasteiger partial charge on any atom is -0.507 e. The van der Waals surface area contributed by atoms with Gasteiger partial charge >= 0.3 is 17.9 Å². The van der Waals surface area contributed by atoms with E-state index < -0.39 is 49.8 Å². The lowest BCUT2D eigenvalue weighted by molar-refractivity contribution is -0.167. The number of rotatable bonds is 19. The highest BCUT2D eigenvalue weighted by Gasteiger charge is 2.38. The first-order valence-corrected chi connectivity index (χ1v) is 23.4. The van der Waals surface area contributed by atoms with Crippen LogP contribution in [0.1, 0.15) is 180 Å². The number of benzene rings is 3. The monoisotopic (exact) mass is 929 g/mol. The van der Waals surface area contributed by atoms with Crippen molar-refractivity contribution in [2.75, 3.05) is 26.4 Å². The molecular weight excluding hydrogens is 849 g/mol. The number of esters is 3. The Balaban J connectivity index is 1.90. The van der Waals surface area contributed by atoms with Gasteiger partial charge in [-0.2, -0.15) is 0 Å². The molecule has 0 heterocycles. The standard InChI is InChI=1S/C56H80O11/c1-35(2)39-24-36(25-40(48(39)61)51(3,4)5)18-21-45(58)65-31-56(30-64-34-57,32-66-46(59)22-19-37-26-41(52(6,7)8)49(62)42(27-37)53(9,10)11)33-67-47(60)23-20-38-28-43(54(12,13)14)50(63)44(29-38)55(15,16)17/h24-29,34,61-63H,1,18-23,30-33H2,2-17H3. The number of phenols is 3. The highest BCUT2D eigenvalue weighted by atomic mass is 16.6. The quantitative estimate of drug-likeness (QED) is 0.0595. The normalized spacial score (nSPS) is 12.7. The number of carbonyl (C=O) groups is 4. The summed E-state index contributed by atoms with van der Waals surface area (Å²) in [5.41, 5.74) is 4.22. The van der Waals surface area contributed by atoms with Crippen LogP contribution in [0.5, 0.6) is 17.2 Å². The zero-order valence-electron chi connectivity index (χ0n) is 43.4. The van der Waals surface area contributed by atoms with E-state index in [1.807, 2.05) is 134 Å². The topological polar surface area (TPSA) is 166 Å². The molecule has 0 radical (unpaired) electrons. The Hall–Kier alpha value is -5.32. The molecule has 11 heteroatoms. The van der Waals surface area contributed by atoms with E-state index in [1.54, 1.807) is 13.0 Å². The van der Waals surface area contributed by atoms with E-state index in [0.717, 1.165) is 44.5 Å². The first-order valence-electron chi connectivity index (χ1n) is 23.4. The minimum atomic E-state index is -1.47. The number of aromatic hydroxyl groups is 3. The van der Waals surface area contributed by atoms with Crippen molar-refractivity contribution in [3.05, 3.63) is 93.0 Å². The molecule has 0 fully saturated rings. The number of aryl methyl sites for hydroxylation is 3. The molecule has 0 amide bonds. The van der Waals surface area contributed by atoms with Gasteiger partial charge in [0.25, 0.3) is 6.47 Å². The summed E-state index contributed by atoms with van der Waals surface area (Å²) in [5, 5.41) is 33.4. The van der Waals surface area contributed by atoms with Crippen molar-refractivity contribution < 1.29 is 53.4 Å². The summed E-state index contributed by atoms with van der Waals surface area (Å²) in [5.74, 6) is -1.14. The largest absolute Gasteiger partial charge is 0.507 e. The fourth-order valence-electron chi connectivity index (χ4n) is 7.82. The van der Waals surface area contributed by atoms with Crippen LogP contribution in [-0.2, 0) is 84.5 Å². The maximum atomic E-state index is 13.5. The molecule has 0 aliphatic rings. The fraction of sp³-hybridized carbons (Fsp3) is 0.571. The SMILES string of the molecule is C=C(C)c1cc(CCC(=O)OCC(COC=O)(COC(=O)CCc2cc(C(C)(C)C)c(O)c(C(C)(C)C)c2)COC(=O)CCc2cc(C(C)(C)C)c(O)c(C(C)(C)C)c2)cc(C(C)(C)C)c1O. The van der Waals surface area contributed by atoms with Gasteiger partial charge in [0.1, 0.15) is 49.1 Å². The number of phenolic OH excluding ortho intramolecular Hbond substituents is 3. The molecule has 0 spiro atoms. The molecule has 0 saturated carbocycles. The Labute approximate surface area is 400 Å². The van der Waals surface area contributed by atoms with Crippen LogP contribution in [0.2, 0.25) is 0 Å². The van der Waals surface area contributed by atoms with Crippen LogP contribution in [0.3, 0.4) is 0 Å². The molecule has 0 aromatic heterocycles. The Morgan fingerprint density at radius 2 is 0.746 bits per heavy atom. The predicted molar refractivity (Wildman–Crippen MR) is 265 cm³/mol. The zero-order chi connectivity index (χ0) is 51.1. The van der Waals surface area contributed by atoms with E-state index in [2.05, 4.69) is 6.58 Å². The van der Waals surface area contributed by atoms with Gasteiger partial charge in [0.05, 0.1) is 0 Å². The summed E-state index contributed by atoms with van der Waals surface area (Å²) in [4.78, 5) is 52.2. The maximum absolute atomic E-state index is 13.5. The molecule has 0 aliphatic carbocycles. The van der Waals surface area contributed by atoms with Crippen molar-refractivity contribution in [2.24, 2.45) is 5.41 Å². The molecule has 3 aromatic carbocycles. The van der Waals surface area contributed by atoms with Crippen molar-refractivity contribution in [3.63, 3.8) is 0 Å². The van der Waals surface area contributed by atoms with Gasteiger partial charge in [-0.1, -0.05) is 141 Å². The first kappa shape index (κ1) is 56.0. The molecule has 3 N–H and O–H groups in total. The summed E-state index contributed by atoms with van der Waals surface area (Å²) in [6.07, 6.45) is 0.779. The van der Waals surface area contributed by atoms with Gasteiger partial charge in [-0.25, -0.2) is 0 Å². The summed E-state index contributed by atoms with van der Waals surface area (Å²) in [6, 6.07) is 11.3. The number of hydrogen-bond donors (Lipinski definition) is 3. The second-order valence-electron chi connectivity index (χ2n) is 23.5. The molecular formula is C56H80O11. The van der Waals surface area contributed by atoms with Crippen LogP contribution >= 0.6 is 0 Å². The molecule has 67 heavy (non-hydrogen) atoms. The Kier molecular flexibility index (Phi) is 18.2. The van der Waals surface area contributed by atoms with E-state index in [4.69, 9.17) is 18.9 Å². The van der Waals surface area contributed by atoms with Crippen molar-refractivity contribution in [1.29, 1.82) is 0 Å². The third kappa shape index (κ3) is 15.9. The van der Waals surface area contributed by atoms with Crippen LogP contribution in [-0.4, -0.2) is 66.1 Å². The first-order chi connectivity index (χ1) is 30.6. The van der Waals surface area contributed by atoms with Gasteiger partial charge in [-0.05, 0) is 104 Å². The average Bonchev–Trinajstić information content (AvgIpc) is 3.19. The molecule has 11 nitrogen and oxygen atoms in total. The summed E-state index contributed by atoms with van der Waals surface area (Å²) < 4.78 is 22.7. The highest BCUT2D eigenvalue weighted by Crippen LogP contribution is 2.42. The lowest BCUT2D eigenvalue weighted by atomic mass is 9.78. The molecule has 3 rings (SSSR count). The molecule has 0 aliphatic heterocycles. The number of carbonyl (C=O) groups excluding carboxylic acids is 4. The van der Waals surface area contributed by atoms with Gasteiger partial charge in [0.2, 0.25) is 0 Å². The summed E-state index contributed by atoms with van der Waals surface area (Å²) in [6.45, 7) is 34.6. The van der Waals surface area contributed by atoms with Crippen molar-refractivity contribution in [1.82, 2.24) is 0 Å². The van der Waals surface area contributed by atoms with Crippen LogP contribution in [0.4, 0.5) is 0 Å². The third-order valence-corrected chi connectivity index (χ3v) is 11.9. The Morgan fingerprint density at radius 1 is 0.478 bits per heavy atom. The Bertz CT molecular complexity index is 2090. The van der Waals surface area contributed by atoms with E-state index in [-0.39, 0.29) is 76.5 Å². The van der Waals surface area contributed by atoms with E-state index in [1.165, 1.54) is 0 Å². The molecule has 0 saturated heterocycles. The van der Waals surface area contributed by atoms with Gasteiger partial charge in [0, 0.05) is 30.4 Å². The number of hydrogen-bond acceptors (Lipinski definition) is 11. The highest BCUT2D eigenvalue weighted by molar-refractivity contribution is 5.73. The summed E-state index contributed by atoms with van der Waals surface area (Å²) >= 11 is 0. The predicted octanol–water partition coefficient (Wildman–Crippen LogP) is 11.3. The third-order valence-electron chi connectivity index (χ3n) is 11.9. The summed E-state index contributed by atoms with van der Waals surface area (Å²) in [7, 11) is 0. The smallest absolute Gasteiger partial charge is 0.306 e. The second-order valence-corrected chi connectivity index (χ2v) is 23.5. The van der Waals surface area contributed by atoms with Gasteiger partial charge in [-0.15, -0.1) is 0 Å². The number of ether oxygens (including phenoxy) is 4. The van der Waals surface area contributed by atoms with E-state index in [9.17, 15) is 34.5 Å². The van der Waals surface area contributed by atoms with E-state index >= 15 is 0 Å². The van der Waals surface area contributed by atoms with Crippen LogP contribution < -0.4 is 0 Å². The van der Waals surface area contributed by atoms with Crippen molar-refractivity contribution in [2.45, 2.75) is 176 Å². The molecule has 370 valence electrons. The lowest BCUT2D eigenvalue weighted by Crippen LogP contribution is -2.43. The average molecular weight is 929 g/mol. The van der Waals surface area contributed by atoms with Crippen LogP contribution in [0.25, 0.3) is 5.57 Å². The van der Waals surface area contributed by atoms with Gasteiger partial charge in [-0.3, -0.25) is 19.2 Å². The van der Waals surface area contributed by atoms with E-state index in [0.29, 0.717) is 24.0 Å². The minimum absolute atomic E-state index is 0.0305. The fourth-order valence-corrected chi connectivity index (χ4v) is 7.82. The molecule has 3 aromatic rings. The molecule has 0 atom stereocenters. The Morgan fingerprint density at radius 3 is 1.00 bits per heavy atom. The molecule has 0 bridgehead atoms. The van der Waals surface area contributed by atoms with Crippen LogP contribution in [0.15, 0.2) is 43.0 Å². The maximum Gasteiger partial charge on any atom is 0.306 e. The lowest BCUT2D eigenvalue weighted by Gasteiger charge is -2.31.